The van der Waals surface area contributed by atoms with E-state index in [0.717, 1.165) is 13.6 Å². The van der Waals surface area contributed by atoms with E-state index in [1.807, 2.05) is 31.2 Å². The lowest BCUT2D eigenvalue weighted by molar-refractivity contribution is 0.0549. The minimum atomic E-state index is -0.418. The summed E-state index contributed by atoms with van der Waals surface area (Å²) >= 11 is 5.54. The molecule has 25 heavy (non-hydrogen) atoms. The third-order valence-corrected chi connectivity index (χ3v) is 4.50. The number of carbonyl (C=O) groups is 1. The van der Waals surface area contributed by atoms with Crippen LogP contribution in [0.5, 0.6) is 11.5 Å². The summed E-state index contributed by atoms with van der Waals surface area (Å²) in [5.41, 5.74) is 1.46. The van der Waals surface area contributed by atoms with Gasteiger partial charge >= 0.3 is 5.97 Å². The molecule has 0 aliphatic rings. The molecule has 0 fully saturated rings. The largest absolute Gasteiger partial charge is 0.490 e. The molecule has 132 valence electrons. The standard InChI is InChI=1S/C19H18BrIO4/c1-3-9-24-19(22)14-10-16(21)18(17(11-14)23-4-2)25-12-13-5-7-15(20)8-6-13/h3,5-8,10-11H,1,4,9,12H2,2H3. The first kappa shape index (κ1) is 19.8. The molecule has 6 heteroatoms. The van der Waals surface area contributed by atoms with Crippen molar-refractivity contribution in [3.63, 3.8) is 0 Å². The van der Waals surface area contributed by atoms with Crippen LogP contribution in [0.1, 0.15) is 22.8 Å². The van der Waals surface area contributed by atoms with Crippen molar-refractivity contribution in [3.05, 3.63) is 68.2 Å². The summed E-state index contributed by atoms with van der Waals surface area (Å²) in [4.78, 5) is 12.1. The highest BCUT2D eigenvalue weighted by Crippen LogP contribution is 2.35. The molecule has 0 aliphatic carbocycles. The Morgan fingerprint density at radius 2 is 1.96 bits per heavy atom. The normalized spacial score (nSPS) is 10.2. The Morgan fingerprint density at radius 3 is 2.60 bits per heavy atom. The van der Waals surface area contributed by atoms with Gasteiger partial charge in [-0.25, -0.2) is 4.79 Å². The van der Waals surface area contributed by atoms with Crippen LogP contribution in [-0.4, -0.2) is 19.2 Å². The van der Waals surface area contributed by atoms with Crippen LogP contribution in [0.4, 0.5) is 0 Å². The van der Waals surface area contributed by atoms with Gasteiger partial charge in [0.05, 0.1) is 15.7 Å². The molecule has 0 atom stereocenters. The Balaban J connectivity index is 2.22. The van der Waals surface area contributed by atoms with Gasteiger partial charge in [0.25, 0.3) is 0 Å². The molecule has 0 saturated carbocycles. The van der Waals surface area contributed by atoms with Crippen LogP contribution >= 0.6 is 38.5 Å². The first-order valence-electron chi connectivity index (χ1n) is 7.66. The second-order valence-corrected chi connectivity index (χ2v) is 7.10. The van der Waals surface area contributed by atoms with Crippen LogP contribution in [0, 0.1) is 3.57 Å². The SMILES string of the molecule is C=CCOC(=O)c1cc(I)c(OCc2ccc(Br)cc2)c(OCC)c1. The Labute approximate surface area is 169 Å². The van der Waals surface area contributed by atoms with Crippen LogP contribution in [0.3, 0.4) is 0 Å². The molecule has 0 saturated heterocycles. The van der Waals surface area contributed by atoms with Gasteiger partial charge in [-0.3, -0.25) is 0 Å². The molecule has 0 unspecified atom stereocenters. The lowest BCUT2D eigenvalue weighted by Crippen LogP contribution is -2.08. The Morgan fingerprint density at radius 1 is 1.24 bits per heavy atom. The maximum atomic E-state index is 12.1. The molecule has 0 aliphatic heterocycles. The highest BCUT2D eigenvalue weighted by atomic mass is 127. The molecular formula is C19H18BrIO4. The summed E-state index contributed by atoms with van der Waals surface area (Å²) in [6.07, 6.45) is 1.53. The number of hydrogen-bond acceptors (Lipinski definition) is 4. The number of benzene rings is 2. The zero-order chi connectivity index (χ0) is 18.2. The number of esters is 1. The van der Waals surface area contributed by atoms with E-state index >= 15 is 0 Å². The number of rotatable bonds is 8. The first-order valence-corrected chi connectivity index (χ1v) is 9.54. The molecule has 0 aromatic heterocycles. The molecule has 0 spiro atoms. The maximum absolute atomic E-state index is 12.1. The predicted octanol–water partition coefficient (Wildman–Crippen LogP) is 5.37. The average Bonchev–Trinajstić information content (AvgIpc) is 2.60. The fraction of sp³-hybridized carbons (Fsp3) is 0.211. The quantitative estimate of drug-likeness (QED) is 0.268. The molecule has 0 amide bonds. The van der Waals surface area contributed by atoms with Crippen molar-refractivity contribution in [2.75, 3.05) is 13.2 Å². The van der Waals surface area contributed by atoms with Gasteiger partial charge < -0.3 is 14.2 Å². The van der Waals surface area contributed by atoms with Crippen LogP contribution in [0.25, 0.3) is 0 Å². The van der Waals surface area contributed by atoms with Crippen molar-refractivity contribution < 1.29 is 19.0 Å². The first-order chi connectivity index (χ1) is 12.0. The van der Waals surface area contributed by atoms with Crippen molar-refractivity contribution in [1.29, 1.82) is 0 Å². The Hall–Kier alpha value is -1.54. The summed E-state index contributed by atoms with van der Waals surface area (Å²) in [6.45, 7) is 6.46. The van der Waals surface area contributed by atoms with Gasteiger partial charge in [0, 0.05) is 4.47 Å². The molecule has 2 aromatic carbocycles. The van der Waals surface area contributed by atoms with Gasteiger partial charge in [-0.1, -0.05) is 40.7 Å². The fourth-order valence-corrected chi connectivity index (χ4v) is 3.06. The van der Waals surface area contributed by atoms with Gasteiger partial charge in [0.15, 0.2) is 11.5 Å². The number of carbonyl (C=O) groups excluding carboxylic acids is 1. The van der Waals surface area contributed by atoms with E-state index in [9.17, 15) is 4.79 Å². The lowest BCUT2D eigenvalue weighted by Gasteiger charge is -2.15. The van der Waals surface area contributed by atoms with E-state index in [-0.39, 0.29) is 6.61 Å². The number of hydrogen-bond donors (Lipinski definition) is 0. The smallest absolute Gasteiger partial charge is 0.338 e. The molecule has 2 aromatic rings. The predicted molar refractivity (Wildman–Crippen MR) is 109 cm³/mol. The molecule has 0 heterocycles. The van der Waals surface area contributed by atoms with Crippen molar-refractivity contribution >= 4 is 44.5 Å². The minimum absolute atomic E-state index is 0.168. The average molecular weight is 517 g/mol. The lowest BCUT2D eigenvalue weighted by atomic mass is 10.2. The van der Waals surface area contributed by atoms with E-state index in [0.29, 0.717) is 30.3 Å². The summed E-state index contributed by atoms with van der Waals surface area (Å²) in [7, 11) is 0. The number of halogens is 2. The number of ether oxygens (including phenoxy) is 3. The highest BCUT2D eigenvalue weighted by Gasteiger charge is 2.17. The fourth-order valence-electron chi connectivity index (χ4n) is 2.04. The second kappa shape index (κ2) is 9.82. The third-order valence-electron chi connectivity index (χ3n) is 3.17. The van der Waals surface area contributed by atoms with E-state index in [1.54, 1.807) is 12.1 Å². The maximum Gasteiger partial charge on any atom is 0.338 e. The van der Waals surface area contributed by atoms with Crippen LogP contribution in [0.2, 0.25) is 0 Å². The summed E-state index contributed by atoms with van der Waals surface area (Å²) in [5.74, 6) is 0.723. The summed E-state index contributed by atoms with van der Waals surface area (Å²) in [5, 5.41) is 0. The molecule has 0 bridgehead atoms. The topological polar surface area (TPSA) is 44.8 Å². The summed E-state index contributed by atoms with van der Waals surface area (Å²) in [6, 6.07) is 11.3. The van der Waals surface area contributed by atoms with Crippen molar-refractivity contribution in [2.24, 2.45) is 0 Å². The molecule has 2 rings (SSSR count). The van der Waals surface area contributed by atoms with Gasteiger partial charge in [-0.05, 0) is 59.3 Å². The van der Waals surface area contributed by atoms with Crippen molar-refractivity contribution in [3.8, 4) is 11.5 Å². The minimum Gasteiger partial charge on any atom is -0.490 e. The second-order valence-electron chi connectivity index (χ2n) is 5.02. The zero-order valence-corrected chi connectivity index (χ0v) is 17.5. The van der Waals surface area contributed by atoms with E-state index < -0.39 is 5.97 Å². The van der Waals surface area contributed by atoms with E-state index in [4.69, 9.17) is 14.2 Å². The van der Waals surface area contributed by atoms with Crippen LogP contribution in [-0.2, 0) is 11.3 Å². The van der Waals surface area contributed by atoms with Crippen molar-refractivity contribution in [2.45, 2.75) is 13.5 Å². The van der Waals surface area contributed by atoms with Gasteiger partial charge in [0.1, 0.15) is 13.2 Å². The highest BCUT2D eigenvalue weighted by molar-refractivity contribution is 14.1. The Bertz CT molecular complexity index is 744. The Kier molecular flexibility index (Phi) is 7.77. The molecular weight excluding hydrogens is 499 g/mol. The van der Waals surface area contributed by atoms with Gasteiger partial charge in [-0.15, -0.1) is 0 Å². The third kappa shape index (κ3) is 5.74. The van der Waals surface area contributed by atoms with Crippen molar-refractivity contribution in [1.82, 2.24) is 0 Å². The molecule has 4 nitrogen and oxygen atoms in total. The zero-order valence-electron chi connectivity index (χ0n) is 13.8. The van der Waals surface area contributed by atoms with Gasteiger partial charge in [-0.2, -0.15) is 0 Å². The molecule has 0 radical (unpaired) electrons. The van der Waals surface area contributed by atoms with Gasteiger partial charge in [0.2, 0.25) is 0 Å². The summed E-state index contributed by atoms with van der Waals surface area (Å²) < 4.78 is 18.5. The van der Waals surface area contributed by atoms with Crippen LogP contribution < -0.4 is 9.47 Å². The van der Waals surface area contributed by atoms with E-state index in [2.05, 4.69) is 45.1 Å². The molecule has 0 N–H and O–H groups in total. The van der Waals surface area contributed by atoms with E-state index in [1.165, 1.54) is 6.08 Å². The monoisotopic (exact) mass is 516 g/mol. The van der Waals surface area contributed by atoms with Crippen LogP contribution in [0.15, 0.2) is 53.5 Å².